The van der Waals surface area contributed by atoms with E-state index >= 15 is 0 Å². The minimum atomic E-state index is -0.472. The Labute approximate surface area is 150 Å². The van der Waals surface area contributed by atoms with E-state index in [-0.39, 0.29) is 0 Å². The summed E-state index contributed by atoms with van der Waals surface area (Å²) in [5.74, 6) is -0.472. The number of nitrogens with zero attached hydrogens (tertiary/aromatic N) is 4. The molecule has 0 bridgehead atoms. The van der Waals surface area contributed by atoms with Gasteiger partial charge >= 0.3 is 0 Å². The summed E-state index contributed by atoms with van der Waals surface area (Å²) in [4.78, 5) is 8.71. The molecule has 0 N–H and O–H groups in total. The Morgan fingerprint density at radius 1 is 1.04 bits per heavy atom. The van der Waals surface area contributed by atoms with Crippen molar-refractivity contribution in [3.05, 3.63) is 65.9 Å². The molecule has 0 spiro atoms. The standard InChI is InChI=1S/C21H17FN4/c1-13-6-4-9-17(23-13)21-20(18-10-5-11-26(18)25-21)15-12-19(22)24-16-8-3-2-7-14(15)16/h2-4,6-9,12H,5,10-11H2,1H3. The minimum absolute atomic E-state index is 0.472. The van der Waals surface area contributed by atoms with Gasteiger partial charge in [-0.2, -0.15) is 9.49 Å². The number of aromatic nitrogens is 4. The maximum absolute atomic E-state index is 14.3. The van der Waals surface area contributed by atoms with Crippen molar-refractivity contribution < 1.29 is 4.39 Å². The van der Waals surface area contributed by atoms with Crippen molar-refractivity contribution in [2.45, 2.75) is 26.3 Å². The number of hydrogen-bond donors (Lipinski definition) is 0. The molecular formula is C21H17FN4. The first kappa shape index (κ1) is 15.2. The van der Waals surface area contributed by atoms with Crippen LogP contribution in [0.4, 0.5) is 4.39 Å². The Morgan fingerprint density at radius 2 is 1.92 bits per heavy atom. The summed E-state index contributed by atoms with van der Waals surface area (Å²) < 4.78 is 16.3. The van der Waals surface area contributed by atoms with Crippen molar-refractivity contribution >= 4 is 10.9 Å². The predicted molar refractivity (Wildman–Crippen MR) is 99.2 cm³/mol. The highest BCUT2D eigenvalue weighted by atomic mass is 19.1. The molecule has 0 amide bonds. The lowest BCUT2D eigenvalue weighted by Crippen LogP contribution is -1.95. The molecule has 1 aromatic carbocycles. The second-order valence-corrected chi connectivity index (χ2v) is 6.67. The normalized spacial score (nSPS) is 13.3. The quantitative estimate of drug-likeness (QED) is 0.501. The molecule has 0 radical (unpaired) electrons. The summed E-state index contributed by atoms with van der Waals surface area (Å²) >= 11 is 0. The van der Waals surface area contributed by atoms with Gasteiger partial charge in [-0.15, -0.1) is 0 Å². The third-order valence-corrected chi connectivity index (χ3v) is 4.93. The molecule has 0 atom stereocenters. The summed E-state index contributed by atoms with van der Waals surface area (Å²) in [6.45, 7) is 2.86. The number of benzene rings is 1. The van der Waals surface area contributed by atoms with Crippen LogP contribution in [-0.2, 0) is 13.0 Å². The summed E-state index contributed by atoms with van der Waals surface area (Å²) in [7, 11) is 0. The van der Waals surface area contributed by atoms with Crippen LogP contribution in [0.25, 0.3) is 33.4 Å². The molecule has 0 saturated carbocycles. The van der Waals surface area contributed by atoms with Crippen molar-refractivity contribution in [2.75, 3.05) is 0 Å². The maximum Gasteiger partial charge on any atom is 0.214 e. The average molecular weight is 344 g/mol. The van der Waals surface area contributed by atoms with Gasteiger partial charge in [0, 0.05) is 34.9 Å². The van der Waals surface area contributed by atoms with Crippen LogP contribution in [0.5, 0.6) is 0 Å². The highest BCUT2D eigenvalue weighted by Gasteiger charge is 2.26. The van der Waals surface area contributed by atoms with E-state index in [1.165, 1.54) is 6.07 Å². The number of para-hydroxylation sites is 1. The number of fused-ring (bicyclic) bond motifs is 2. The monoisotopic (exact) mass is 344 g/mol. The molecule has 4 aromatic rings. The highest BCUT2D eigenvalue weighted by molar-refractivity contribution is 5.98. The van der Waals surface area contributed by atoms with Crippen molar-refractivity contribution in [2.24, 2.45) is 0 Å². The van der Waals surface area contributed by atoms with Gasteiger partial charge in [0.05, 0.1) is 11.2 Å². The molecule has 4 nitrogen and oxygen atoms in total. The molecule has 26 heavy (non-hydrogen) atoms. The minimum Gasteiger partial charge on any atom is -0.268 e. The molecule has 3 aromatic heterocycles. The van der Waals surface area contributed by atoms with E-state index in [4.69, 9.17) is 5.10 Å². The van der Waals surface area contributed by atoms with E-state index < -0.39 is 5.95 Å². The van der Waals surface area contributed by atoms with E-state index in [1.807, 2.05) is 54.1 Å². The zero-order chi connectivity index (χ0) is 17.7. The van der Waals surface area contributed by atoms with Crippen molar-refractivity contribution in [1.82, 2.24) is 19.7 Å². The lowest BCUT2D eigenvalue weighted by Gasteiger charge is -2.09. The Balaban J connectivity index is 1.86. The summed E-state index contributed by atoms with van der Waals surface area (Å²) in [6.07, 6.45) is 1.99. The number of hydrogen-bond acceptors (Lipinski definition) is 3. The van der Waals surface area contributed by atoms with Crippen LogP contribution in [0.1, 0.15) is 17.8 Å². The second kappa shape index (κ2) is 5.73. The van der Waals surface area contributed by atoms with Crippen molar-refractivity contribution in [1.29, 1.82) is 0 Å². The highest BCUT2D eigenvalue weighted by Crippen LogP contribution is 2.39. The van der Waals surface area contributed by atoms with E-state index in [9.17, 15) is 4.39 Å². The first-order chi connectivity index (χ1) is 12.7. The molecule has 0 fully saturated rings. The predicted octanol–water partition coefficient (Wildman–Crippen LogP) is 4.55. The van der Waals surface area contributed by atoms with Gasteiger partial charge in [-0.1, -0.05) is 24.3 Å². The Hall–Kier alpha value is -3.08. The van der Waals surface area contributed by atoms with Crippen LogP contribution in [0.2, 0.25) is 0 Å². The van der Waals surface area contributed by atoms with Gasteiger partial charge in [-0.25, -0.2) is 4.98 Å². The zero-order valence-electron chi connectivity index (χ0n) is 14.4. The number of pyridine rings is 2. The summed E-state index contributed by atoms with van der Waals surface area (Å²) in [6, 6.07) is 15.1. The smallest absolute Gasteiger partial charge is 0.214 e. The third kappa shape index (κ3) is 2.31. The molecule has 1 aliphatic heterocycles. The maximum atomic E-state index is 14.3. The van der Waals surface area contributed by atoms with Crippen LogP contribution in [0.3, 0.4) is 0 Å². The van der Waals surface area contributed by atoms with Crippen LogP contribution in [-0.4, -0.2) is 19.7 Å². The molecule has 5 rings (SSSR count). The van der Waals surface area contributed by atoms with Crippen LogP contribution < -0.4 is 0 Å². The molecule has 0 unspecified atom stereocenters. The lowest BCUT2D eigenvalue weighted by atomic mass is 9.96. The van der Waals surface area contributed by atoms with Gasteiger partial charge in [0.1, 0.15) is 5.69 Å². The molecule has 128 valence electrons. The fraction of sp³-hybridized carbons (Fsp3) is 0.190. The van der Waals surface area contributed by atoms with E-state index in [0.29, 0.717) is 5.52 Å². The molecule has 5 heteroatoms. The lowest BCUT2D eigenvalue weighted by molar-refractivity contribution is 0.589. The van der Waals surface area contributed by atoms with E-state index in [2.05, 4.69) is 9.97 Å². The van der Waals surface area contributed by atoms with Crippen molar-refractivity contribution in [3.63, 3.8) is 0 Å². The first-order valence-corrected chi connectivity index (χ1v) is 8.80. The first-order valence-electron chi connectivity index (χ1n) is 8.80. The topological polar surface area (TPSA) is 43.6 Å². The fourth-order valence-corrected chi connectivity index (χ4v) is 3.82. The van der Waals surface area contributed by atoms with E-state index in [1.54, 1.807) is 0 Å². The van der Waals surface area contributed by atoms with Gasteiger partial charge in [0.2, 0.25) is 5.95 Å². The van der Waals surface area contributed by atoms with E-state index in [0.717, 1.165) is 58.7 Å². The summed E-state index contributed by atoms with van der Waals surface area (Å²) in [5.41, 5.74) is 6.21. The molecule has 4 heterocycles. The van der Waals surface area contributed by atoms with Crippen LogP contribution in [0.15, 0.2) is 48.5 Å². The Morgan fingerprint density at radius 3 is 2.81 bits per heavy atom. The second-order valence-electron chi connectivity index (χ2n) is 6.67. The van der Waals surface area contributed by atoms with Crippen LogP contribution in [0, 0.1) is 12.9 Å². The SMILES string of the molecule is Cc1cccc(-c2nn3c(c2-c2cc(F)nc4ccccc24)CCC3)n1. The Bertz CT molecular complexity index is 1150. The largest absolute Gasteiger partial charge is 0.268 e. The number of halogens is 1. The number of aryl methyl sites for hydroxylation is 2. The Kier molecular flexibility index (Phi) is 3.35. The van der Waals surface area contributed by atoms with Crippen molar-refractivity contribution in [3.8, 4) is 22.5 Å². The van der Waals surface area contributed by atoms with Gasteiger partial charge in [0.25, 0.3) is 0 Å². The molecular weight excluding hydrogens is 327 g/mol. The number of rotatable bonds is 2. The summed E-state index contributed by atoms with van der Waals surface area (Å²) in [5, 5.41) is 5.76. The third-order valence-electron chi connectivity index (χ3n) is 4.93. The van der Waals surface area contributed by atoms with Gasteiger partial charge in [0.15, 0.2) is 0 Å². The molecule has 0 saturated heterocycles. The van der Waals surface area contributed by atoms with Gasteiger partial charge < -0.3 is 0 Å². The zero-order valence-corrected chi connectivity index (χ0v) is 14.4. The fourth-order valence-electron chi connectivity index (χ4n) is 3.82. The molecule has 0 aliphatic carbocycles. The van der Waals surface area contributed by atoms with Gasteiger partial charge in [-0.3, -0.25) is 9.67 Å². The van der Waals surface area contributed by atoms with Gasteiger partial charge in [-0.05, 0) is 43.5 Å². The van der Waals surface area contributed by atoms with Crippen LogP contribution >= 0.6 is 0 Å². The molecule has 1 aliphatic rings. The average Bonchev–Trinajstić information content (AvgIpc) is 3.22.